The average molecular weight is 536 g/mol. The van der Waals surface area contributed by atoms with Gasteiger partial charge in [0.05, 0.1) is 6.34 Å². The third-order valence-corrected chi connectivity index (χ3v) is 0. The number of hydrogen-bond donors (Lipinski definition) is 2. The number of halogens is 3. The second kappa shape index (κ2) is 39.7. The Hall–Kier alpha value is 2.24. The summed E-state index contributed by atoms with van der Waals surface area (Å²) in [5, 5.41) is 5.86. The van der Waals surface area contributed by atoms with Crippen LogP contribution in [0.3, 0.4) is 0 Å². The fourth-order valence-electron chi connectivity index (χ4n) is 0. The van der Waals surface area contributed by atoms with Crippen molar-refractivity contribution in [2.75, 3.05) is 0 Å². The van der Waals surface area contributed by atoms with E-state index in [2.05, 4.69) is 65.7 Å². The molecule has 0 aliphatic heterocycles. The molecule has 0 amide bonds. The molecule has 0 aliphatic rings. The zero-order valence-corrected chi connectivity index (χ0v) is 15.1. The van der Waals surface area contributed by atoms with Gasteiger partial charge in [-0.2, -0.15) is 0 Å². The molecule has 3 N–H and O–H groups in total. The van der Waals surface area contributed by atoms with Gasteiger partial charge < -0.3 is 5.73 Å². The SMILES string of the molecule is CC.CC.N=CN.[I][V]([I])[I]. The summed E-state index contributed by atoms with van der Waals surface area (Å²) in [5.41, 5.74) is 4.39. The fraction of sp³-hybridized carbons (Fsp3) is 0.800. The van der Waals surface area contributed by atoms with E-state index in [4.69, 9.17) is 5.41 Å². The van der Waals surface area contributed by atoms with Gasteiger partial charge in [-0.05, 0) is 0 Å². The molecule has 0 bridgehead atoms. The van der Waals surface area contributed by atoms with Gasteiger partial charge in [0.25, 0.3) is 0 Å². The Morgan fingerprint density at radius 1 is 1.09 bits per heavy atom. The first-order valence-electron chi connectivity index (χ1n) is 3.13. The molecule has 0 radical (unpaired) electrons. The van der Waals surface area contributed by atoms with Gasteiger partial charge in [-0.25, -0.2) is 0 Å². The number of nitrogens with one attached hydrogen (secondary N) is 1. The number of nitrogens with two attached hydrogens (primary N) is 1. The molecular formula is C5H16I3N2V. The second-order valence-corrected chi connectivity index (χ2v) is 35.7. The molecule has 0 saturated heterocycles. The standard InChI is InChI=1S/2C2H6.CH4N2.3HI.V/c2*1-2;2-1-3;;;;/h2*1-2H3;1H,(H3,2,3);3*1H;/q;;;;;;+3/p-3. The van der Waals surface area contributed by atoms with Crippen LogP contribution in [0, 0.1) is 5.41 Å². The first-order chi connectivity index (χ1) is 5.15. The van der Waals surface area contributed by atoms with E-state index < -0.39 is 0 Å². The molecule has 0 rings (SSSR count). The number of hydrogen-bond acceptors (Lipinski definition) is 1. The van der Waals surface area contributed by atoms with Crippen LogP contribution in [-0.2, 0) is 4.92 Å². The normalized spacial score (nSPS) is 5.45. The van der Waals surface area contributed by atoms with Gasteiger partial charge in [-0.15, -0.1) is 0 Å². The van der Waals surface area contributed by atoms with Crippen molar-refractivity contribution in [2.45, 2.75) is 27.7 Å². The third-order valence-electron chi connectivity index (χ3n) is 0. The Bertz CT molecular complexity index is 44.0. The Kier molecular flexibility index (Phi) is 83.9. The predicted molar refractivity (Wildman–Crippen MR) is 77.7 cm³/mol. The molecule has 0 saturated carbocycles. The van der Waals surface area contributed by atoms with Crippen molar-refractivity contribution in [3.05, 3.63) is 0 Å². The second-order valence-electron chi connectivity index (χ2n) is 0.358. The molecule has 0 atom stereocenters. The fourth-order valence-corrected chi connectivity index (χ4v) is 0. The Labute approximate surface area is 108 Å². The van der Waals surface area contributed by atoms with E-state index in [9.17, 15) is 0 Å². The van der Waals surface area contributed by atoms with Crippen LogP contribution in [0.25, 0.3) is 0 Å². The van der Waals surface area contributed by atoms with Crippen LogP contribution in [0.1, 0.15) is 27.7 Å². The minimum absolute atomic E-state index is 0.278. The van der Waals surface area contributed by atoms with Gasteiger partial charge in [0.1, 0.15) is 0 Å². The zero-order valence-electron chi connectivity index (χ0n) is 7.24. The average Bonchev–Trinajstić information content (AvgIpc) is 1.96. The van der Waals surface area contributed by atoms with E-state index in [1.54, 1.807) is 0 Å². The third kappa shape index (κ3) is 255. The molecule has 0 spiro atoms. The van der Waals surface area contributed by atoms with Gasteiger partial charge in [-0.3, -0.25) is 5.41 Å². The van der Waals surface area contributed by atoms with Crippen molar-refractivity contribution in [1.82, 2.24) is 0 Å². The van der Waals surface area contributed by atoms with Gasteiger partial charge >= 0.3 is 64.9 Å². The Morgan fingerprint density at radius 2 is 1.09 bits per heavy atom. The molecule has 72 valence electrons. The summed E-state index contributed by atoms with van der Waals surface area (Å²) in [4.78, 5) is -0.278. The molecule has 11 heavy (non-hydrogen) atoms. The number of rotatable bonds is 0. The van der Waals surface area contributed by atoms with Crippen LogP contribution in [-0.4, -0.2) is 6.34 Å². The molecule has 0 aliphatic carbocycles. The van der Waals surface area contributed by atoms with Crippen LogP contribution in [0.2, 0.25) is 0 Å². The van der Waals surface area contributed by atoms with Crippen LogP contribution in [0.5, 0.6) is 0 Å². The molecule has 0 aromatic rings. The zero-order chi connectivity index (χ0) is 10.3. The molecule has 0 unspecified atom stereocenters. The summed E-state index contributed by atoms with van der Waals surface area (Å²) in [6, 6.07) is 0. The maximum absolute atomic E-state index is 5.86. The van der Waals surface area contributed by atoms with E-state index in [-0.39, 0.29) is 4.92 Å². The van der Waals surface area contributed by atoms with Crippen molar-refractivity contribution in [3.63, 3.8) is 0 Å². The molecular weight excluding hydrogens is 520 g/mol. The summed E-state index contributed by atoms with van der Waals surface area (Å²) in [7, 11) is 0. The van der Waals surface area contributed by atoms with Crippen molar-refractivity contribution in [1.29, 1.82) is 5.41 Å². The Morgan fingerprint density at radius 3 is 1.09 bits per heavy atom. The molecule has 2 nitrogen and oxygen atoms in total. The van der Waals surface area contributed by atoms with Crippen molar-refractivity contribution in [2.24, 2.45) is 5.73 Å². The van der Waals surface area contributed by atoms with Crippen molar-refractivity contribution >= 4 is 66.3 Å². The summed E-state index contributed by atoms with van der Waals surface area (Å²) in [6.45, 7) is 8.00. The first-order valence-corrected chi connectivity index (χ1v) is 16.6. The van der Waals surface area contributed by atoms with Crippen LogP contribution >= 0.6 is 59.9 Å². The van der Waals surface area contributed by atoms with Gasteiger partial charge in [0, 0.05) is 0 Å². The Balaban J connectivity index is -0.0000000315. The van der Waals surface area contributed by atoms with E-state index in [1.165, 1.54) is 0 Å². The van der Waals surface area contributed by atoms with Crippen LogP contribution in [0.15, 0.2) is 0 Å². The summed E-state index contributed by atoms with van der Waals surface area (Å²) in [6.07, 6.45) is 0.750. The molecule has 0 aromatic carbocycles. The van der Waals surface area contributed by atoms with Crippen LogP contribution in [0.4, 0.5) is 0 Å². The van der Waals surface area contributed by atoms with Crippen molar-refractivity contribution < 1.29 is 4.92 Å². The predicted octanol–water partition coefficient (Wildman–Crippen LogP) is 4.26. The topological polar surface area (TPSA) is 49.9 Å². The van der Waals surface area contributed by atoms with Gasteiger partial charge in [0.2, 0.25) is 0 Å². The molecule has 0 fully saturated rings. The minimum atomic E-state index is -0.278. The van der Waals surface area contributed by atoms with Gasteiger partial charge in [-0.1, -0.05) is 27.7 Å². The summed E-state index contributed by atoms with van der Waals surface area (Å²) < 4.78 is 0. The van der Waals surface area contributed by atoms with E-state index >= 15 is 0 Å². The summed E-state index contributed by atoms with van der Waals surface area (Å²) in [5.74, 6) is 0. The van der Waals surface area contributed by atoms with E-state index in [0.717, 1.165) is 6.34 Å². The molecule has 0 aromatic heterocycles. The maximum atomic E-state index is 5.86. The van der Waals surface area contributed by atoms with Crippen molar-refractivity contribution in [3.8, 4) is 0 Å². The quantitative estimate of drug-likeness (QED) is 0.272. The molecule has 6 heteroatoms. The monoisotopic (exact) mass is 536 g/mol. The molecule has 0 heterocycles. The van der Waals surface area contributed by atoms with E-state index in [1.807, 2.05) is 27.7 Å². The van der Waals surface area contributed by atoms with Gasteiger partial charge in [0.15, 0.2) is 0 Å². The van der Waals surface area contributed by atoms with Crippen LogP contribution < -0.4 is 5.73 Å². The van der Waals surface area contributed by atoms with E-state index in [0.29, 0.717) is 0 Å². The summed E-state index contributed by atoms with van der Waals surface area (Å²) >= 11 is 7.39. The first kappa shape index (κ1) is 23.2.